The number of hydrogen-bond donors (Lipinski definition) is 0. The predicted octanol–water partition coefficient (Wildman–Crippen LogP) is 3.59. The minimum Gasteiger partial charge on any atom is -0.505 e. The van der Waals surface area contributed by atoms with Gasteiger partial charge in [0.2, 0.25) is 0 Å². The van der Waals surface area contributed by atoms with Crippen LogP contribution in [0.15, 0.2) is 42.7 Å². The SMILES string of the molecule is COC=C[C@@H]1CC12CCN(C(=O)OCc1ccccc1)CC2. The summed E-state index contributed by atoms with van der Waals surface area (Å²) in [5.41, 5.74) is 1.43. The van der Waals surface area contributed by atoms with Gasteiger partial charge in [-0.1, -0.05) is 30.3 Å². The highest BCUT2D eigenvalue weighted by Gasteiger charge is 2.53. The average Bonchev–Trinajstić information content (AvgIpc) is 3.24. The van der Waals surface area contributed by atoms with Crippen LogP contribution in [0.3, 0.4) is 0 Å². The van der Waals surface area contributed by atoms with Gasteiger partial charge in [0.1, 0.15) is 6.61 Å². The molecule has 3 rings (SSSR count). The average molecular weight is 301 g/mol. The lowest BCUT2D eigenvalue weighted by molar-refractivity contribution is 0.0787. The van der Waals surface area contributed by atoms with Crippen molar-refractivity contribution in [3.05, 3.63) is 48.2 Å². The maximum absolute atomic E-state index is 12.1. The Kier molecular flexibility index (Phi) is 4.36. The highest BCUT2D eigenvalue weighted by atomic mass is 16.6. The van der Waals surface area contributed by atoms with Crippen LogP contribution in [-0.4, -0.2) is 31.2 Å². The molecular weight excluding hydrogens is 278 g/mol. The van der Waals surface area contributed by atoms with E-state index < -0.39 is 0 Å². The highest BCUT2D eigenvalue weighted by Crippen LogP contribution is 2.60. The Balaban J connectivity index is 1.44. The third-order valence-electron chi connectivity index (χ3n) is 4.92. The largest absolute Gasteiger partial charge is 0.505 e. The molecule has 4 heteroatoms. The zero-order valence-electron chi connectivity index (χ0n) is 13.0. The molecule has 1 atom stereocenters. The van der Waals surface area contributed by atoms with Crippen LogP contribution < -0.4 is 0 Å². The van der Waals surface area contributed by atoms with Gasteiger partial charge >= 0.3 is 6.09 Å². The van der Waals surface area contributed by atoms with Gasteiger partial charge in [0.15, 0.2) is 0 Å². The molecule has 1 heterocycles. The van der Waals surface area contributed by atoms with Crippen molar-refractivity contribution < 1.29 is 14.3 Å². The number of carbonyl (C=O) groups excluding carboxylic acids is 1. The van der Waals surface area contributed by atoms with Gasteiger partial charge < -0.3 is 14.4 Å². The van der Waals surface area contributed by atoms with Gasteiger partial charge in [-0.3, -0.25) is 0 Å². The summed E-state index contributed by atoms with van der Waals surface area (Å²) in [6, 6.07) is 9.80. The second-order valence-electron chi connectivity index (χ2n) is 6.26. The van der Waals surface area contributed by atoms with Crippen LogP contribution in [0.2, 0.25) is 0 Å². The number of carbonyl (C=O) groups is 1. The highest BCUT2D eigenvalue weighted by molar-refractivity contribution is 5.67. The quantitative estimate of drug-likeness (QED) is 0.798. The molecule has 1 aliphatic carbocycles. The monoisotopic (exact) mass is 301 g/mol. The summed E-state index contributed by atoms with van der Waals surface area (Å²) in [5, 5.41) is 0. The first-order valence-electron chi connectivity index (χ1n) is 7.89. The van der Waals surface area contributed by atoms with E-state index in [9.17, 15) is 4.79 Å². The summed E-state index contributed by atoms with van der Waals surface area (Å²) in [5.74, 6) is 0.620. The summed E-state index contributed by atoms with van der Waals surface area (Å²) >= 11 is 0. The van der Waals surface area contributed by atoms with Gasteiger partial charge in [-0.05, 0) is 42.2 Å². The normalized spacial score (nSPS) is 22.8. The first-order chi connectivity index (χ1) is 10.7. The summed E-state index contributed by atoms with van der Waals surface area (Å²) in [6.45, 7) is 1.94. The first kappa shape index (κ1) is 14.9. The molecule has 0 N–H and O–H groups in total. The number of ether oxygens (including phenoxy) is 2. The molecule has 1 aliphatic heterocycles. The van der Waals surface area contributed by atoms with Crippen LogP contribution in [0.4, 0.5) is 4.79 Å². The lowest BCUT2D eigenvalue weighted by atomic mass is 9.91. The maximum atomic E-state index is 12.1. The summed E-state index contributed by atoms with van der Waals surface area (Å²) in [6.07, 6.45) is 7.09. The smallest absolute Gasteiger partial charge is 0.410 e. The van der Waals surface area contributed by atoms with Crippen molar-refractivity contribution >= 4 is 6.09 Å². The Hall–Kier alpha value is -1.97. The molecule has 0 radical (unpaired) electrons. The van der Waals surface area contributed by atoms with Crippen LogP contribution in [-0.2, 0) is 16.1 Å². The summed E-state index contributed by atoms with van der Waals surface area (Å²) in [7, 11) is 1.68. The third kappa shape index (κ3) is 3.26. The van der Waals surface area contributed by atoms with E-state index in [4.69, 9.17) is 9.47 Å². The zero-order chi connectivity index (χ0) is 15.4. The number of allylic oxidation sites excluding steroid dienone is 1. The molecule has 2 fully saturated rings. The van der Waals surface area contributed by atoms with Crippen molar-refractivity contribution in [1.29, 1.82) is 0 Å². The fraction of sp³-hybridized carbons (Fsp3) is 0.500. The van der Waals surface area contributed by atoms with Gasteiger partial charge in [0.25, 0.3) is 0 Å². The van der Waals surface area contributed by atoms with Crippen molar-refractivity contribution in [2.24, 2.45) is 11.3 Å². The van der Waals surface area contributed by atoms with Gasteiger partial charge in [0, 0.05) is 13.1 Å². The van der Waals surface area contributed by atoms with Crippen LogP contribution >= 0.6 is 0 Å². The number of rotatable bonds is 4. The molecule has 1 amide bonds. The number of likely N-dealkylation sites (tertiary alicyclic amines) is 1. The number of hydrogen-bond acceptors (Lipinski definition) is 3. The Morgan fingerprint density at radius 2 is 2.05 bits per heavy atom. The van der Waals surface area contributed by atoms with E-state index in [1.54, 1.807) is 13.4 Å². The molecule has 0 bridgehead atoms. The molecule has 0 aromatic heterocycles. The second kappa shape index (κ2) is 6.42. The van der Waals surface area contributed by atoms with E-state index in [1.807, 2.05) is 35.2 Å². The third-order valence-corrected chi connectivity index (χ3v) is 4.92. The minimum atomic E-state index is -0.191. The van der Waals surface area contributed by atoms with Crippen molar-refractivity contribution in [2.45, 2.75) is 25.9 Å². The van der Waals surface area contributed by atoms with Crippen LogP contribution in [0, 0.1) is 11.3 Å². The van der Waals surface area contributed by atoms with Crippen LogP contribution in [0.1, 0.15) is 24.8 Å². The number of amides is 1. The molecule has 0 unspecified atom stereocenters. The number of nitrogens with zero attached hydrogens (tertiary/aromatic N) is 1. The van der Waals surface area contributed by atoms with E-state index in [2.05, 4.69) is 6.08 Å². The van der Waals surface area contributed by atoms with Crippen molar-refractivity contribution in [1.82, 2.24) is 4.90 Å². The molecular formula is C18H23NO3. The number of piperidine rings is 1. The Labute approximate surface area is 131 Å². The van der Waals surface area contributed by atoms with E-state index in [0.717, 1.165) is 31.5 Å². The second-order valence-corrected chi connectivity index (χ2v) is 6.26. The van der Waals surface area contributed by atoms with E-state index in [-0.39, 0.29) is 6.09 Å². The maximum Gasteiger partial charge on any atom is 0.410 e. The number of benzene rings is 1. The number of methoxy groups -OCH3 is 1. The van der Waals surface area contributed by atoms with E-state index in [0.29, 0.717) is 17.9 Å². The molecule has 1 saturated carbocycles. The Morgan fingerprint density at radius 1 is 1.32 bits per heavy atom. The summed E-state index contributed by atoms with van der Waals surface area (Å²) < 4.78 is 10.4. The first-order valence-corrected chi connectivity index (χ1v) is 7.89. The topological polar surface area (TPSA) is 38.8 Å². The standard InChI is InChI=1S/C18H23NO3/c1-21-12-7-16-13-18(16)8-10-19(11-9-18)17(20)22-14-15-5-3-2-4-6-15/h2-7,12,16H,8-11,13-14H2,1H3/t16-/m1/s1. The van der Waals surface area contributed by atoms with Crippen molar-refractivity contribution in [3.63, 3.8) is 0 Å². The van der Waals surface area contributed by atoms with Crippen LogP contribution in [0.25, 0.3) is 0 Å². The molecule has 1 saturated heterocycles. The van der Waals surface area contributed by atoms with E-state index >= 15 is 0 Å². The fourth-order valence-electron chi connectivity index (χ4n) is 3.34. The summed E-state index contributed by atoms with van der Waals surface area (Å²) in [4.78, 5) is 14.0. The van der Waals surface area contributed by atoms with Gasteiger partial charge in [-0.15, -0.1) is 0 Å². The van der Waals surface area contributed by atoms with Gasteiger partial charge in [-0.25, -0.2) is 4.79 Å². The van der Waals surface area contributed by atoms with Crippen molar-refractivity contribution in [3.8, 4) is 0 Å². The van der Waals surface area contributed by atoms with Crippen LogP contribution in [0.5, 0.6) is 0 Å². The van der Waals surface area contributed by atoms with Gasteiger partial charge in [-0.2, -0.15) is 0 Å². The molecule has 118 valence electrons. The lowest BCUT2D eigenvalue weighted by Gasteiger charge is -2.32. The Bertz CT molecular complexity index is 533. The zero-order valence-corrected chi connectivity index (χ0v) is 13.0. The minimum absolute atomic E-state index is 0.191. The molecule has 1 aromatic rings. The lowest BCUT2D eigenvalue weighted by Crippen LogP contribution is -2.39. The fourth-order valence-corrected chi connectivity index (χ4v) is 3.34. The molecule has 1 aromatic carbocycles. The molecule has 22 heavy (non-hydrogen) atoms. The molecule has 1 spiro atoms. The predicted molar refractivity (Wildman–Crippen MR) is 84.1 cm³/mol. The Morgan fingerprint density at radius 3 is 2.73 bits per heavy atom. The van der Waals surface area contributed by atoms with E-state index in [1.165, 1.54) is 6.42 Å². The van der Waals surface area contributed by atoms with Crippen molar-refractivity contribution in [2.75, 3.05) is 20.2 Å². The molecule has 2 aliphatic rings. The van der Waals surface area contributed by atoms with Gasteiger partial charge in [0.05, 0.1) is 13.4 Å². The molecule has 4 nitrogen and oxygen atoms in total.